The van der Waals surface area contributed by atoms with Crippen LogP contribution in [0.4, 0.5) is 11.4 Å². The second-order valence-electron chi connectivity index (χ2n) is 7.27. The van der Waals surface area contributed by atoms with Crippen LogP contribution in [-0.4, -0.2) is 9.97 Å². The summed E-state index contributed by atoms with van der Waals surface area (Å²) < 4.78 is 0. The molecule has 3 aromatic carbocycles. The van der Waals surface area contributed by atoms with Gasteiger partial charge in [0.05, 0.1) is 11.0 Å². The number of nitrogens with one attached hydrogen (secondary N) is 2. The summed E-state index contributed by atoms with van der Waals surface area (Å²) in [5.41, 5.74) is 6.72. The van der Waals surface area contributed by atoms with Crippen LogP contribution < -0.4 is 10.6 Å². The zero-order valence-electron chi connectivity index (χ0n) is 16.5. The lowest BCUT2D eigenvalue weighted by atomic mass is 10.1. The van der Waals surface area contributed by atoms with Crippen molar-refractivity contribution in [1.82, 2.24) is 9.97 Å². The summed E-state index contributed by atoms with van der Waals surface area (Å²) in [5, 5.41) is 9.37. The van der Waals surface area contributed by atoms with E-state index in [0.717, 1.165) is 46.3 Å². The van der Waals surface area contributed by atoms with Gasteiger partial charge in [-0.2, -0.15) is 0 Å². The molecule has 0 aliphatic carbocycles. The van der Waals surface area contributed by atoms with Crippen molar-refractivity contribution in [2.75, 3.05) is 10.6 Å². The van der Waals surface area contributed by atoms with Crippen molar-refractivity contribution in [2.24, 2.45) is 0 Å². The number of rotatable bonds is 6. The highest BCUT2D eigenvalue weighted by Gasteiger charge is 2.03. The molecule has 0 spiro atoms. The van der Waals surface area contributed by atoms with Crippen LogP contribution in [0.2, 0.25) is 0 Å². The third-order valence-corrected chi connectivity index (χ3v) is 5.29. The van der Waals surface area contributed by atoms with Gasteiger partial charge in [0.15, 0.2) is 0 Å². The molecule has 4 nitrogen and oxygen atoms in total. The minimum atomic E-state index is 0.775. The fourth-order valence-corrected chi connectivity index (χ4v) is 3.67. The molecule has 2 heterocycles. The first-order valence-corrected chi connectivity index (χ1v) is 10.1. The molecule has 0 fully saturated rings. The van der Waals surface area contributed by atoms with Crippen LogP contribution in [0.25, 0.3) is 21.8 Å². The number of nitrogens with zero attached hydrogens (tertiary/aromatic N) is 2. The molecule has 4 heteroatoms. The second kappa shape index (κ2) is 8.21. The molecule has 2 N–H and O–H groups in total. The number of fused-ring (bicyclic) bond motifs is 2. The van der Waals surface area contributed by atoms with Crippen LogP contribution in [0, 0.1) is 0 Å². The minimum absolute atomic E-state index is 0.775. The molecule has 5 rings (SSSR count). The van der Waals surface area contributed by atoms with E-state index < -0.39 is 0 Å². The highest BCUT2D eigenvalue weighted by Crippen LogP contribution is 2.23. The molecule has 0 saturated heterocycles. The van der Waals surface area contributed by atoms with E-state index in [-0.39, 0.29) is 0 Å². The van der Waals surface area contributed by atoms with Crippen LogP contribution >= 0.6 is 0 Å². The van der Waals surface area contributed by atoms with Crippen molar-refractivity contribution >= 4 is 33.2 Å². The first-order chi connectivity index (χ1) is 14.9. The van der Waals surface area contributed by atoms with Crippen LogP contribution in [0.1, 0.15) is 11.1 Å². The van der Waals surface area contributed by atoms with Crippen LogP contribution in [0.3, 0.4) is 0 Å². The third-order valence-electron chi connectivity index (χ3n) is 5.29. The van der Waals surface area contributed by atoms with Crippen molar-refractivity contribution in [3.05, 3.63) is 108 Å². The van der Waals surface area contributed by atoms with Gasteiger partial charge in [0.25, 0.3) is 0 Å². The summed E-state index contributed by atoms with van der Waals surface area (Å²) in [5.74, 6) is 0. The molecular formula is C26H22N4. The predicted molar refractivity (Wildman–Crippen MR) is 125 cm³/mol. The van der Waals surface area contributed by atoms with Crippen molar-refractivity contribution in [3.8, 4) is 0 Å². The normalized spacial score (nSPS) is 10.9. The first-order valence-electron chi connectivity index (χ1n) is 10.1. The highest BCUT2D eigenvalue weighted by atomic mass is 14.9. The van der Waals surface area contributed by atoms with Gasteiger partial charge in [-0.3, -0.25) is 9.97 Å². The van der Waals surface area contributed by atoms with E-state index >= 15 is 0 Å². The Hall–Kier alpha value is -3.92. The van der Waals surface area contributed by atoms with E-state index in [0.29, 0.717) is 0 Å². The monoisotopic (exact) mass is 390 g/mol. The first kappa shape index (κ1) is 18.1. The molecule has 0 amide bonds. The molecule has 0 aliphatic rings. The Morgan fingerprint density at radius 3 is 1.40 bits per heavy atom. The average molecular weight is 390 g/mol. The SMILES string of the molecule is c1ccc2c(NCc3ccc(CNc4ccnc5ccccc45)cc3)ccnc2c1. The third kappa shape index (κ3) is 3.80. The Bertz CT molecular complexity index is 1180. The van der Waals surface area contributed by atoms with Crippen LogP contribution in [-0.2, 0) is 13.1 Å². The lowest BCUT2D eigenvalue weighted by Gasteiger charge is -2.11. The van der Waals surface area contributed by atoms with Crippen molar-refractivity contribution in [2.45, 2.75) is 13.1 Å². The largest absolute Gasteiger partial charge is 0.380 e. The molecule has 0 unspecified atom stereocenters. The molecule has 2 aromatic heterocycles. The summed E-state index contributed by atoms with van der Waals surface area (Å²) in [7, 11) is 0. The van der Waals surface area contributed by atoms with Gasteiger partial charge >= 0.3 is 0 Å². The number of para-hydroxylation sites is 2. The minimum Gasteiger partial charge on any atom is -0.380 e. The molecule has 0 atom stereocenters. The number of pyridine rings is 2. The van der Waals surface area contributed by atoms with Gasteiger partial charge in [-0.15, -0.1) is 0 Å². The highest BCUT2D eigenvalue weighted by molar-refractivity contribution is 5.91. The van der Waals surface area contributed by atoms with E-state index in [2.05, 4.69) is 57.0 Å². The van der Waals surface area contributed by atoms with Crippen molar-refractivity contribution < 1.29 is 0 Å². The van der Waals surface area contributed by atoms with E-state index in [4.69, 9.17) is 0 Å². The Morgan fingerprint density at radius 2 is 0.933 bits per heavy atom. The zero-order valence-corrected chi connectivity index (χ0v) is 16.5. The van der Waals surface area contributed by atoms with E-state index in [1.165, 1.54) is 11.1 Å². The topological polar surface area (TPSA) is 49.8 Å². The maximum atomic E-state index is 4.42. The summed E-state index contributed by atoms with van der Waals surface area (Å²) in [6, 6.07) is 29.2. The Morgan fingerprint density at radius 1 is 0.500 bits per heavy atom. The number of anilines is 2. The van der Waals surface area contributed by atoms with Gasteiger partial charge in [0.1, 0.15) is 0 Å². The van der Waals surface area contributed by atoms with Crippen molar-refractivity contribution in [3.63, 3.8) is 0 Å². The van der Waals surface area contributed by atoms with E-state index in [1.807, 2.05) is 60.9 Å². The summed E-state index contributed by atoms with van der Waals surface area (Å²) >= 11 is 0. The zero-order chi connectivity index (χ0) is 20.2. The summed E-state index contributed by atoms with van der Waals surface area (Å²) in [6.45, 7) is 1.55. The molecule has 30 heavy (non-hydrogen) atoms. The molecular weight excluding hydrogens is 368 g/mol. The predicted octanol–water partition coefficient (Wildman–Crippen LogP) is 6.01. The smallest absolute Gasteiger partial charge is 0.0722 e. The molecule has 0 radical (unpaired) electrons. The van der Waals surface area contributed by atoms with Gasteiger partial charge in [0.2, 0.25) is 0 Å². The number of hydrogen-bond donors (Lipinski definition) is 2. The van der Waals surface area contributed by atoms with Gasteiger partial charge in [0, 0.05) is 47.6 Å². The molecule has 0 saturated carbocycles. The summed E-state index contributed by atoms with van der Waals surface area (Å²) in [6.07, 6.45) is 3.70. The number of hydrogen-bond acceptors (Lipinski definition) is 4. The molecule has 146 valence electrons. The maximum Gasteiger partial charge on any atom is 0.0722 e. The number of benzene rings is 3. The van der Waals surface area contributed by atoms with E-state index in [1.54, 1.807) is 0 Å². The fraction of sp³-hybridized carbons (Fsp3) is 0.0769. The van der Waals surface area contributed by atoms with Gasteiger partial charge in [-0.1, -0.05) is 60.7 Å². The lowest BCUT2D eigenvalue weighted by molar-refractivity contribution is 1.11. The van der Waals surface area contributed by atoms with Crippen LogP contribution in [0.15, 0.2) is 97.3 Å². The Kier molecular flexibility index (Phi) is 4.96. The standard InChI is InChI=1S/C26H22N4/c1-3-7-23-21(5-1)25(13-15-27-23)29-17-19-9-11-20(12-10-19)18-30-26-14-16-28-24-8-4-2-6-22(24)26/h1-16H,17-18H2,(H,27,29)(H,28,30). The fourth-order valence-electron chi connectivity index (χ4n) is 3.67. The average Bonchev–Trinajstić information content (AvgIpc) is 2.82. The molecule has 5 aromatic rings. The van der Waals surface area contributed by atoms with Crippen molar-refractivity contribution in [1.29, 1.82) is 0 Å². The molecule has 0 aliphatic heterocycles. The molecule has 0 bridgehead atoms. The maximum absolute atomic E-state index is 4.42. The summed E-state index contributed by atoms with van der Waals surface area (Å²) in [4.78, 5) is 8.84. The quantitative estimate of drug-likeness (QED) is 0.373. The Balaban J connectivity index is 1.24. The van der Waals surface area contributed by atoms with Gasteiger partial charge < -0.3 is 10.6 Å². The van der Waals surface area contributed by atoms with E-state index in [9.17, 15) is 0 Å². The second-order valence-corrected chi connectivity index (χ2v) is 7.27. The van der Waals surface area contributed by atoms with Gasteiger partial charge in [-0.25, -0.2) is 0 Å². The van der Waals surface area contributed by atoms with Crippen LogP contribution in [0.5, 0.6) is 0 Å². The van der Waals surface area contributed by atoms with Gasteiger partial charge in [-0.05, 0) is 35.4 Å². The number of aromatic nitrogens is 2. The Labute approximate surface area is 175 Å². The lowest BCUT2D eigenvalue weighted by Crippen LogP contribution is -2.02.